The minimum atomic E-state index is -1.62. The molecule has 13 heavy (non-hydrogen) atoms. The Morgan fingerprint density at radius 1 is 1.31 bits per heavy atom. The van der Waals surface area contributed by atoms with Crippen LogP contribution in [0.5, 0.6) is 5.75 Å². The maximum atomic E-state index is 12.8. The van der Waals surface area contributed by atoms with Gasteiger partial charge < -0.3 is 10.2 Å². The van der Waals surface area contributed by atoms with Crippen molar-refractivity contribution in [1.29, 1.82) is 0 Å². The summed E-state index contributed by atoms with van der Waals surface area (Å²) in [4.78, 5) is 0. The summed E-state index contributed by atoms with van der Waals surface area (Å²) in [5, 5.41) is 0. The number of rotatable bonds is 2. The summed E-state index contributed by atoms with van der Waals surface area (Å²) in [6.45, 7) is 6.19. The molecule has 0 fully saturated rings. The van der Waals surface area contributed by atoms with Gasteiger partial charge in [0, 0.05) is 6.07 Å². The van der Waals surface area contributed by atoms with Crippen LogP contribution in [-0.4, -0.2) is 8.32 Å². The molecule has 1 aromatic rings. The van der Waals surface area contributed by atoms with E-state index in [0.29, 0.717) is 5.75 Å². The number of anilines is 1. The average molecular weight is 199 g/mol. The zero-order chi connectivity index (χ0) is 10.1. The average Bonchev–Trinajstić information content (AvgIpc) is 1.94. The van der Waals surface area contributed by atoms with Gasteiger partial charge in [-0.15, -0.1) is 0 Å². The standard InChI is InChI=1S/C9H14FNOSi/c1-13(2,3)12-7-4-5-8(10)9(11)6-7/h4-6H,11H2,1-3H3. The maximum Gasteiger partial charge on any atom is 0.242 e. The minimum Gasteiger partial charge on any atom is -0.544 e. The molecule has 4 heteroatoms. The molecule has 2 nitrogen and oxygen atoms in total. The summed E-state index contributed by atoms with van der Waals surface area (Å²) in [5.41, 5.74) is 5.53. The molecule has 0 aromatic heterocycles. The molecule has 0 radical (unpaired) electrons. The van der Waals surface area contributed by atoms with Gasteiger partial charge in [-0.1, -0.05) is 0 Å². The van der Waals surface area contributed by atoms with E-state index >= 15 is 0 Å². The highest BCUT2D eigenvalue weighted by Gasteiger charge is 2.16. The second-order valence-electron chi connectivity index (χ2n) is 3.90. The Bertz CT molecular complexity index is 309. The van der Waals surface area contributed by atoms with E-state index in [1.807, 2.05) is 0 Å². The number of halogens is 1. The van der Waals surface area contributed by atoms with Crippen molar-refractivity contribution in [3.63, 3.8) is 0 Å². The SMILES string of the molecule is C[Si](C)(C)Oc1ccc(F)c(N)c1. The van der Waals surface area contributed by atoms with Gasteiger partial charge in [0.2, 0.25) is 8.32 Å². The third-order valence-electron chi connectivity index (χ3n) is 1.39. The van der Waals surface area contributed by atoms with Crippen LogP contribution in [0.1, 0.15) is 0 Å². The number of nitrogen functional groups attached to an aromatic ring is 1. The first-order chi connectivity index (χ1) is 5.88. The van der Waals surface area contributed by atoms with Gasteiger partial charge in [0.25, 0.3) is 0 Å². The van der Waals surface area contributed by atoms with Crippen LogP contribution in [-0.2, 0) is 0 Å². The van der Waals surface area contributed by atoms with E-state index in [1.165, 1.54) is 12.1 Å². The summed E-state index contributed by atoms with van der Waals surface area (Å²) >= 11 is 0. The van der Waals surface area contributed by atoms with Gasteiger partial charge in [-0.2, -0.15) is 0 Å². The summed E-state index contributed by atoms with van der Waals surface area (Å²) < 4.78 is 18.4. The van der Waals surface area contributed by atoms with Crippen LogP contribution < -0.4 is 10.2 Å². The lowest BCUT2D eigenvalue weighted by Gasteiger charge is -2.19. The molecule has 1 rings (SSSR count). The normalized spacial score (nSPS) is 11.4. The van der Waals surface area contributed by atoms with Crippen molar-refractivity contribution >= 4 is 14.0 Å². The van der Waals surface area contributed by atoms with E-state index in [9.17, 15) is 4.39 Å². The number of hydrogen-bond donors (Lipinski definition) is 1. The van der Waals surface area contributed by atoms with Crippen LogP contribution in [0.2, 0.25) is 19.6 Å². The summed E-state index contributed by atoms with van der Waals surface area (Å²) in [6, 6.07) is 4.45. The van der Waals surface area contributed by atoms with Crippen molar-refractivity contribution in [2.75, 3.05) is 5.73 Å². The first-order valence-corrected chi connectivity index (χ1v) is 7.53. The smallest absolute Gasteiger partial charge is 0.242 e. The van der Waals surface area contributed by atoms with Gasteiger partial charge in [-0.05, 0) is 31.8 Å². The van der Waals surface area contributed by atoms with Gasteiger partial charge >= 0.3 is 0 Å². The van der Waals surface area contributed by atoms with E-state index in [-0.39, 0.29) is 5.69 Å². The predicted octanol–water partition coefficient (Wildman–Crippen LogP) is 2.62. The van der Waals surface area contributed by atoms with E-state index in [2.05, 4.69) is 19.6 Å². The molecular formula is C9H14FNOSi. The lowest BCUT2D eigenvalue weighted by Crippen LogP contribution is -2.29. The van der Waals surface area contributed by atoms with Crippen molar-refractivity contribution in [2.24, 2.45) is 0 Å². The molecule has 0 bridgehead atoms. The zero-order valence-electron chi connectivity index (χ0n) is 8.10. The fourth-order valence-corrected chi connectivity index (χ4v) is 1.77. The molecule has 0 atom stereocenters. The fourth-order valence-electron chi connectivity index (χ4n) is 0.939. The molecule has 0 heterocycles. The Hall–Kier alpha value is -1.03. The first-order valence-electron chi connectivity index (χ1n) is 4.12. The van der Waals surface area contributed by atoms with Gasteiger partial charge in [-0.25, -0.2) is 4.39 Å². The van der Waals surface area contributed by atoms with E-state index < -0.39 is 14.1 Å². The zero-order valence-corrected chi connectivity index (χ0v) is 9.10. The second-order valence-corrected chi connectivity index (χ2v) is 8.33. The highest BCUT2D eigenvalue weighted by atomic mass is 28.4. The van der Waals surface area contributed by atoms with Gasteiger partial charge in [0.1, 0.15) is 11.6 Å². The van der Waals surface area contributed by atoms with E-state index in [1.54, 1.807) is 6.07 Å². The molecular weight excluding hydrogens is 185 g/mol. The topological polar surface area (TPSA) is 35.2 Å². The number of nitrogens with two attached hydrogens (primary N) is 1. The third kappa shape index (κ3) is 3.06. The van der Waals surface area contributed by atoms with Crippen LogP contribution in [0.3, 0.4) is 0 Å². The molecule has 0 aliphatic heterocycles. The van der Waals surface area contributed by atoms with E-state index in [4.69, 9.17) is 10.2 Å². The molecule has 0 saturated carbocycles. The van der Waals surface area contributed by atoms with E-state index in [0.717, 1.165) is 0 Å². The monoisotopic (exact) mass is 199 g/mol. The quantitative estimate of drug-likeness (QED) is 0.587. The van der Waals surface area contributed by atoms with Gasteiger partial charge in [0.05, 0.1) is 5.69 Å². The second kappa shape index (κ2) is 3.37. The molecule has 0 aliphatic carbocycles. The molecule has 0 amide bonds. The Morgan fingerprint density at radius 3 is 2.38 bits per heavy atom. The Labute approximate surface area is 78.6 Å². The van der Waals surface area contributed by atoms with Crippen LogP contribution in [0.15, 0.2) is 18.2 Å². The van der Waals surface area contributed by atoms with Crippen molar-refractivity contribution in [1.82, 2.24) is 0 Å². The van der Waals surface area contributed by atoms with Crippen LogP contribution in [0.25, 0.3) is 0 Å². The number of hydrogen-bond acceptors (Lipinski definition) is 2. The van der Waals surface area contributed by atoms with Crippen molar-refractivity contribution < 1.29 is 8.82 Å². The highest BCUT2D eigenvalue weighted by Crippen LogP contribution is 2.21. The maximum absolute atomic E-state index is 12.8. The molecule has 0 aliphatic rings. The molecule has 0 spiro atoms. The molecule has 0 unspecified atom stereocenters. The van der Waals surface area contributed by atoms with Gasteiger partial charge in [-0.3, -0.25) is 0 Å². The van der Waals surface area contributed by atoms with Crippen LogP contribution in [0, 0.1) is 5.82 Å². The largest absolute Gasteiger partial charge is 0.544 e. The highest BCUT2D eigenvalue weighted by molar-refractivity contribution is 6.70. The summed E-state index contributed by atoms with van der Waals surface area (Å²) in [5.74, 6) is 0.251. The first kappa shape index (κ1) is 10.1. The van der Waals surface area contributed by atoms with Crippen molar-refractivity contribution in [3.8, 4) is 5.75 Å². The van der Waals surface area contributed by atoms with Crippen LogP contribution >= 0.6 is 0 Å². The molecule has 0 saturated heterocycles. The van der Waals surface area contributed by atoms with Crippen LogP contribution in [0.4, 0.5) is 10.1 Å². The summed E-state index contributed by atoms with van der Waals surface area (Å²) in [7, 11) is -1.62. The van der Waals surface area contributed by atoms with Gasteiger partial charge in [0.15, 0.2) is 0 Å². The Balaban J connectivity index is 2.86. The van der Waals surface area contributed by atoms with Crippen molar-refractivity contribution in [2.45, 2.75) is 19.6 Å². The predicted molar refractivity (Wildman–Crippen MR) is 54.8 cm³/mol. The molecule has 2 N–H and O–H groups in total. The minimum absolute atomic E-state index is 0.135. The lowest BCUT2D eigenvalue weighted by atomic mass is 10.3. The Kier molecular flexibility index (Phi) is 2.61. The molecule has 72 valence electrons. The lowest BCUT2D eigenvalue weighted by molar-refractivity contribution is 0.553. The summed E-state index contributed by atoms with van der Waals surface area (Å²) in [6.07, 6.45) is 0. The molecule has 1 aromatic carbocycles. The number of benzene rings is 1. The Morgan fingerprint density at radius 2 is 1.92 bits per heavy atom. The fraction of sp³-hybridized carbons (Fsp3) is 0.333. The van der Waals surface area contributed by atoms with Crippen molar-refractivity contribution in [3.05, 3.63) is 24.0 Å². The third-order valence-corrected chi connectivity index (χ3v) is 2.24.